The van der Waals surface area contributed by atoms with Crippen molar-refractivity contribution in [3.63, 3.8) is 0 Å². The van der Waals surface area contributed by atoms with Gasteiger partial charge in [0.25, 0.3) is 0 Å². The first-order valence-electron chi connectivity index (χ1n) is 6.69. The maximum Gasteiger partial charge on any atom is 0.233 e. The Morgan fingerprint density at radius 2 is 2.32 bits per heavy atom. The molecule has 1 aliphatic heterocycles. The van der Waals surface area contributed by atoms with E-state index in [9.17, 15) is 4.79 Å². The topological polar surface area (TPSA) is 42.7 Å². The predicted molar refractivity (Wildman–Crippen MR) is 76.2 cm³/mol. The fraction of sp³-hybridized carbons (Fsp3) is 0.643. The van der Waals surface area contributed by atoms with Gasteiger partial charge in [0.1, 0.15) is 16.9 Å². The van der Waals surface area contributed by atoms with Crippen LogP contribution in [0.15, 0.2) is 10.5 Å². The van der Waals surface area contributed by atoms with Gasteiger partial charge >= 0.3 is 0 Å². The maximum atomic E-state index is 11.9. The third-order valence-corrected chi connectivity index (χ3v) is 4.50. The molecule has 1 amide bonds. The number of rotatable bonds is 6. The minimum Gasteiger partial charge on any atom is -0.463 e. The summed E-state index contributed by atoms with van der Waals surface area (Å²) in [6.45, 7) is 8.13. The highest BCUT2D eigenvalue weighted by Gasteiger charge is 2.34. The molecule has 0 N–H and O–H groups in total. The molecule has 0 aliphatic carbocycles. The lowest BCUT2D eigenvalue weighted by atomic mass is 10.2. The summed E-state index contributed by atoms with van der Waals surface area (Å²) in [6.07, 6.45) is 0.870. The Hall–Kier alpha value is -0.940. The average Bonchev–Trinajstić information content (AvgIpc) is 2.90. The van der Waals surface area contributed by atoms with Gasteiger partial charge in [-0.15, -0.1) is 11.8 Å². The van der Waals surface area contributed by atoms with Crippen molar-refractivity contribution >= 4 is 17.7 Å². The summed E-state index contributed by atoms with van der Waals surface area (Å²) in [5.41, 5.74) is 1.14. The zero-order valence-electron chi connectivity index (χ0n) is 11.8. The van der Waals surface area contributed by atoms with E-state index in [4.69, 9.17) is 9.15 Å². The number of aryl methyl sites for hydroxylation is 2. The number of ether oxygens (including phenoxy) is 1. The Morgan fingerprint density at radius 1 is 1.53 bits per heavy atom. The molecule has 1 aromatic rings. The summed E-state index contributed by atoms with van der Waals surface area (Å²) in [6, 6.07) is 2.04. The zero-order valence-corrected chi connectivity index (χ0v) is 12.6. The predicted octanol–water partition coefficient (Wildman–Crippen LogP) is 2.90. The Kier molecular flexibility index (Phi) is 4.93. The monoisotopic (exact) mass is 283 g/mol. The summed E-state index contributed by atoms with van der Waals surface area (Å²) >= 11 is 1.64. The third kappa shape index (κ3) is 3.34. The molecule has 1 unspecified atom stereocenters. The molecule has 2 rings (SSSR count). The second-order valence-electron chi connectivity index (χ2n) is 4.69. The Balaban J connectivity index is 2.00. The van der Waals surface area contributed by atoms with E-state index in [1.807, 2.05) is 31.7 Å². The molecule has 1 aliphatic rings. The largest absolute Gasteiger partial charge is 0.463 e. The van der Waals surface area contributed by atoms with Crippen molar-refractivity contribution in [3.8, 4) is 0 Å². The first-order valence-corrected chi connectivity index (χ1v) is 7.74. The molecule has 106 valence electrons. The van der Waals surface area contributed by atoms with Crippen molar-refractivity contribution in [2.24, 2.45) is 0 Å². The van der Waals surface area contributed by atoms with Crippen LogP contribution >= 0.6 is 11.8 Å². The Bertz CT molecular complexity index is 424. The maximum absolute atomic E-state index is 11.9. The van der Waals surface area contributed by atoms with Crippen LogP contribution in [0.4, 0.5) is 0 Å². The molecular formula is C14H21NO3S. The molecule has 0 aromatic carbocycles. The highest BCUT2D eigenvalue weighted by molar-refractivity contribution is 8.00. The van der Waals surface area contributed by atoms with E-state index in [-0.39, 0.29) is 11.3 Å². The molecule has 2 heterocycles. The number of hydrogen-bond donors (Lipinski definition) is 0. The molecule has 0 saturated carbocycles. The zero-order chi connectivity index (χ0) is 13.8. The van der Waals surface area contributed by atoms with Crippen molar-refractivity contribution in [2.45, 2.75) is 32.6 Å². The second-order valence-corrected chi connectivity index (χ2v) is 5.76. The van der Waals surface area contributed by atoms with Gasteiger partial charge in [0.05, 0.1) is 5.75 Å². The van der Waals surface area contributed by atoms with Crippen LogP contribution in [0.5, 0.6) is 0 Å². The number of carbonyl (C=O) groups excluding carboxylic acids is 1. The Morgan fingerprint density at radius 3 is 2.95 bits per heavy atom. The van der Waals surface area contributed by atoms with Gasteiger partial charge in [0.2, 0.25) is 5.91 Å². The highest BCUT2D eigenvalue weighted by Crippen LogP contribution is 2.39. The van der Waals surface area contributed by atoms with Gasteiger partial charge in [-0.05, 0) is 38.8 Å². The number of nitrogens with zero attached hydrogens (tertiary/aromatic N) is 1. The SMILES string of the molecule is CCOCCCN1C(=O)CSC1c1cc(C)c(C)o1. The number of furan rings is 1. The van der Waals surface area contributed by atoms with Gasteiger partial charge in [0, 0.05) is 19.8 Å². The summed E-state index contributed by atoms with van der Waals surface area (Å²) in [5, 5.41) is 0.0292. The van der Waals surface area contributed by atoms with Gasteiger partial charge in [-0.3, -0.25) is 4.79 Å². The van der Waals surface area contributed by atoms with E-state index in [0.717, 1.165) is 36.7 Å². The quantitative estimate of drug-likeness (QED) is 0.753. The summed E-state index contributed by atoms with van der Waals surface area (Å²) in [4.78, 5) is 13.8. The van der Waals surface area contributed by atoms with Gasteiger partial charge in [0.15, 0.2) is 0 Å². The van der Waals surface area contributed by atoms with Crippen LogP contribution in [-0.2, 0) is 9.53 Å². The standard InChI is InChI=1S/C14H21NO3S/c1-4-17-7-5-6-15-13(16)9-19-14(15)12-8-10(2)11(3)18-12/h8,14H,4-7,9H2,1-3H3. The molecule has 0 spiro atoms. The second kappa shape index (κ2) is 6.48. The average molecular weight is 283 g/mol. The van der Waals surface area contributed by atoms with Crippen LogP contribution in [0, 0.1) is 13.8 Å². The third-order valence-electron chi connectivity index (χ3n) is 3.29. The Labute approximate surface area is 118 Å². The fourth-order valence-electron chi connectivity index (χ4n) is 2.14. The van der Waals surface area contributed by atoms with Gasteiger partial charge < -0.3 is 14.1 Å². The summed E-state index contributed by atoms with van der Waals surface area (Å²) in [7, 11) is 0. The van der Waals surface area contributed by atoms with Crippen LogP contribution in [0.2, 0.25) is 0 Å². The molecule has 5 heteroatoms. The minimum absolute atomic E-state index is 0.0292. The van der Waals surface area contributed by atoms with Crippen molar-refractivity contribution < 1.29 is 13.9 Å². The van der Waals surface area contributed by atoms with E-state index in [1.165, 1.54) is 0 Å². The van der Waals surface area contributed by atoms with E-state index in [1.54, 1.807) is 11.8 Å². The number of carbonyl (C=O) groups is 1. The molecule has 1 aromatic heterocycles. The number of amides is 1. The van der Waals surface area contributed by atoms with Crippen LogP contribution in [0.3, 0.4) is 0 Å². The minimum atomic E-state index is 0.0292. The molecule has 0 bridgehead atoms. The normalized spacial score (nSPS) is 19.4. The lowest BCUT2D eigenvalue weighted by Crippen LogP contribution is -2.29. The van der Waals surface area contributed by atoms with Crippen LogP contribution in [0.1, 0.15) is 35.8 Å². The van der Waals surface area contributed by atoms with Crippen molar-refractivity contribution in [1.29, 1.82) is 0 Å². The van der Waals surface area contributed by atoms with Crippen LogP contribution in [0.25, 0.3) is 0 Å². The lowest BCUT2D eigenvalue weighted by Gasteiger charge is -2.22. The van der Waals surface area contributed by atoms with Crippen LogP contribution < -0.4 is 0 Å². The van der Waals surface area contributed by atoms with Gasteiger partial charge in [-0.1, -0.05) is 0 Å². The summed E-state index contributed by atoms with van der Waals surface area (Å²) < 4.78 is 11.1. The van der Waals surface area contributed by atoms with E-state index < -0.39 is 0 Å². The molecule has 1 fully saturated rings. The van der Waals surface area contributed by atoms with Gasteiger partial charge in [-0.25, -0.2) is 0 Å². The first-order chi connectivity index (χ1) is 9.13. The van der Waals surface area contributed by atoms with E-state index in [0.29, 0.717) is 12.4 Å². The molecule has 1 atom stereocenters. The van der Waals surface area contributed by atoms with Crippen molar-refractivity contribution in [3.05, 3.63) is 23.2 Å². The first kappa shape index (κ1) is 14.5. The highest BCUT2D eigenvalue weighted by atomic mass is 32.2. The smallest absolute Gasteiger partial charge is 0.233 e. The number of thioether (sulfide) groups is 1. The molecular weight excluding hydrogens is 262 g/mol. The van der Waals surface area contributed by atoms with Crippen LogP contribution in [-0.4, -0.2) is 36.3 Å². The molecule has 0 radical (unpaired) electrons. The molecule has 4 nitrogen and oxygen atoms in total. The fourth-order valence-corrected chi connectivity index (χ4v) is 3.29. The molecule has 1 saturated heterocycles. The van der Waals surface area contributed by atoms with Crippen molar-refractivity contribution in [2.75, 3.05) is 25.5 Å². The molecule has 19 heavy (non-hydrogen) atoms. The summed E-state index contributed by atoms with van der Waals surface area (Å²) in [5.74, 6) is 2.56. The van der Waals surface area contributed by atoms with E-state index >= 15 is 0 Å². The number of hydrogen-bond acceptors (Lipinski definition) is 4. The van der Waals surface area contributed by atoms with Gasteiger partial charge in [-0.2, -0.15) is 0 Å². The lowest BCUT2D eigenvalue weighted by molar-refractivity contribution is -0.128. The van der Waals surface area contributed by atoms with E-state index in [2.05, 4.69) is 0 Å². The van der Waals surface area contributed by atoms with Crippen molar-refractivity contribution in [1.82, 2.24) is 4.90 Å².